The molecule has 0 aromatic heterocycles. The Hall–Kier alpha value is 0.750. The van der Waals surface area contributed by atoms with Gasteiger partial charge in [0.2, 0.25) is 0 Å². The fraction of sp³-hybridized carbons (Fsp3) is 1.00. The molecule has 0 N–H and O–H groups in total. The van der Waals surface area contributed by atoms with E-state index in [1.807, 2.05) is 0 Å². The van der Waals surface area contributed by atoms with Gasteiger partial charge in [-0.05, 0) is 0 Å². The molecule has 0 fully saturated rings. The summed E-state index contributed by atoms with van der Waals surface area (Å²) in [6.45, 7) is 6.80. The van der Waals surface area contributed by atoms with Crippen LogP contribution in [0.15, 0.2) is 0 Å². The molecule has 0 rings (SSSR count). The molecule has 124 valence electrons. The number of halogens is 1. The van der Waals surface area contributed by atoms with Crippen molar-refractivity contribution in [2.24, 2.45) is 0 Å². The van der Waals surface area contributed by atoms with Crippen LogP contribution >= 0.6 is 21.4 Å². The monoisotopic (exact) mass is 370 g/mol. The second-order valence-electron chi connectivity index (χ2n) is 6.04. The van der Waals surface area contributed by atoms with E-state index in [2.05, 4.69) is 90.3 Å². The van der Waals surface area contributed by atoms with Gasteiger partial charge in [0.05, 0.1) is 0 Å². The Bertz CT molecular complexity index is 252. The average Bonchev–Trinajstić information content (AvgIpc) is 2.37. The molecular weight excluding hydrogens is 335 g/mol. The SMILES string of the molecule is CCCCN(CCCC)P(Br)(N(C)C)(N(C)C)N(C)C. The van der Waals surface area contributed by atoms with Crippen molar-refractivity contribution < 1.29 is 0 Å². The summed E-state index contributed by atoms with van der Waals surface area (Å²) >= 11 is 4.25. The van der Waals surface area contributed by atoms with Crippen LogP contribution < -0.4 is 0 Å². The number of nitrogens with zero attached hydrogens (tertiary/aromatic N) is 4. The summed E-state index contributed by atoms with van der Waals surface area (Å²) in [5.41, 5.74) is 0. The Morgan fingerprint density at radius 3 is 1.20 bits per heavy atom. The van der Waals surface area contributed by atoms with Gasteiger partial charge in [-0.2, -0.15) is 0 Å². The number of hydrogen-bond acceptors (Lipinski definition) is 4. The molecule has 0 aromatic rings. The van der Waals surface area contributed by atoms with Crippen molar-refractivity contribution in [2.45, 2.75) is 39.5 Å². The Balaban J connectivity index is 5.73. The third-order valence-electron chi connectivity index (χ3n) is 4.09. The van der Waals surface area contributed by atoms with Gasteiger partial charge in [0.1, 0.15) is 0 Å². The normalized spacial score (nSPS) is 15.3. The molecule has 6 heteroatoms. The van der Waals surface area contributed by atoms with Gasteiger partial charge in [0.25, 0.3) is 0 Å². The van der Waals surface area contributed by atoms with E-state index in [4.69, 9.17) is 0 Å². The van der Waals surface area contributed by atoms with Crippen molar-refractivity contribution in [3.63, 3.8) is 0 Å². The molecule has 0 aliphatic heterocycles. The maximum atomic E-state index is 4.25. The van der Waals surface area contributed by atoms with Crippen molar-refractivity contribution in [1.82, 2.24) is 18.7 Å². The van der Waals surface area contributed by atoms with Crippen LogP contribution in [-0.2, 0) is 0 Å². The fourth-order valence-corrected chi connectivity index (χ4v) is 8.56. The third-order valence-corrected chi connectivity index (χ3v) is 16.6. The van der Waals surface area contributed by atoms with Gasteiger partial charge in [-0.25, -0.2) is 0 Å². The molecule has 0 amide bonds. The minimum atomic E-state index is -2.58. The van der Waals surface area contributed by atoms with Crippen LogP contribution in [0.4, 0.5) is 0 Å². The van der Waals surface area contributed by atoms with Gasteiger partial charge in [-0.1, -0.05) is 0 Å². The molecule has 0 bridgehead atoms. The third kappa shape index (κ3) is 3.56. The number of rotatable bonds is 10. The molecular formula is C14H36BrN4P. The van der Waals surface area contributed by atoms with E-state index in [0.717, 1.165) is 13.1 Å². The summed E-state index contributed by atoms with van der Waals surface area (Å²) in [5, 5.41) is 0. The molecule has 0 saturated carbocycles. The molecule has 0 atom stereocenters. The Morgan fingerprint density at radius 1 is 0.700 bits per heavy atom. The van der Waals surface area contributed by atoms with Gasteiger partial charge in [-0.15, -0.1) is 0 Å². The molecule has 0 saturated heterocycles. The minimum absolute atomic E-state index is 1.13. The molecule has 0 aromatic carbocycles. The van der Waals surface area contributed by atoms with E-state index >= 15 is 0 Å². The summed E-state index contributed by atoms with van der Waals surface area (Å²) in [6, 6.07) is 0. The Labute approximate surface area is 135 Å². The van der Waals surface area contributed by atoms with Crippen LogP contribution in [-0.4, -0.2) is 74.1 Å². The van der Waals surface area contributed by atoms with Gasteiger partial charge in [0, 0.05) is 0 Å². The predicted octanol–water partition coefficient (Wildman–Crippen LogP) is 4.10. The molecule has 0 spiro atoms. The second kappa shape index (κ2) is 8.40. The quantitative estimate of drug-likeness (QED) is 0.536. The number of hydrogen-bond donors (Lipinski definition) is 0. The molecule has 0 heterocycles. The van der Waals surface area contributed by atoms with Crippen LogP contribution in [0.3, 0.4) is 0 Å². The summed E-state index contributed by atoms with van der Waals surface area (Å²) in [4.78, 5) is 0. The Kier molecular flexibility index (Phi) is 8.72. The molecule has 20 heavy (non-hydrogen) atoms. The standard InChI is InChI=1S/C14H36BrN4P/c1-9-11-13-19(14-12-10-2)20(15,16(3)4,17(5)6)18(7)8/h9-14H2,1-8H3. The molecule has 0 unspecified atom stereocenters. The zero-order chi connectivity index (χ0) is 16.0. The van der Waals surface area contributed by atoms with Crippen LogP contribution in [0.25, 0.3) is 0 Å². The van der Waals surface area contributed by atoms with Crippen LogP contribution in [0.5, 0.6) is 0 Å². The zero-order valence-electron chi connectivity index (χ0n) is 14.9. The van der Waals surface area contributed by atoms with Gasteiger partial charge < -0.3 is 0 Å². The van der Waals surface area contributed by atoms with Gasteiger partial charge in [-0.3, -0.25) is 0 Å². The van der Waals surface area contributed by atoms with Gasteiger partial charge in [0.15, 0.2) is 0 Å². The molecule has 0 aliphatic carbocycles. The van der Waals surface area contributed by atoms with E-state index < -0.39 is 5.91 Å². The molecule has 0 radical (unpaired) electrons. The summed E-state index contributed by atoms with van der Waals surface area (Å²) in [6.07, 6.45) is 4.94. The first kappa shape index (κ1) is 20.8. The van der Waals surface area contributed by atoms with Crippen LogP contribution in [0.2, 0.25) is 0 Å². The first-order valence-corrected chi connectivity index (χ1v) is 11.8. The van der Waals surface area contributed by atoms with E-state index in [0.29, 0.717) is 0 Å². The van der Waals surface area contributed by atoms with Crippen LogP contribution in [0.1, 0.15) is 39.5 Å². The second-order valence-corrected chi connectivity index (χ2v) is 14.5. The van der Waals surface area contributed by atoms with Crippen molar-refractivity contribution in [3.8, 4) is 0 Å². The molecule has 0 aliphatic rings. The van der Waals surface area contributed by atoms with E-state index in [1.165, 1.54) is 25.7 Å². The first-order valence-electron chi connectivity index (χ1n) is 7.70. The van der Waals surface area contributed by atoms with Crippen molar-refractivity contribution >= 4 is 21.4 Å². The zero-order valence-corrected chi connectivity index (χ0v) is 17.3. The maximum absolute atomic E-state index is 4.25. The molecule has 4 nitrogen and oxygen atoms in total. The van der Waals surface area contributed by atoms with Gasteiger partial charge >= 0.3 is 135 Å². The summed E-state index contributed by atoms with van der Waals surface area (Å²) in [5.74, 6) is -2.58. The van der Waals surface area contributed by atoms with E-state index in [1.54, 1.807) is 0 Å². The van der Waals surface area contributed by atoms with Crippen molar-refractivity contribution in [3.05, 3.63) is 0 Å². The van der Waals surface area contributed by atoms with E-state index in [9.17, 15) is 0 Å². The predicted molar refractivity (Wildman–Crippen MR) is 98.3 cm³/mol. The van der Waals surface area contributed by atoms with Crippen LogP contribution in [0, 0.1) is 0 Å². The fourth-order valence-electron chi connectivity index (χ4n) is 2.97. The van der Waals surface area contributed by atoms with Crippen molar-refractivity contribution in [1.29, 1.82) is 0 Å². The average molecular weight is 371 g/mol. The Morgan fingerprint density at radius 2 is 1.00 bits per heavy atom. The first-order chi connectivity index (χ1) is 9.17. The van der Waals surface area contributed by atoms with Crippen molar-refractivity contribution in [2.75, 3.05) is 55.4 Å². The topological polar surface area (TPSA) is 13.0 Å². The summed E-state index contributed by atoms with van der Waals surface area (Å²) < 4.78 is 9.84. The van der Waals surface area contributed by atoms with E-state index in [-0.39, 0.29) is 0 Å². The summed E-state index contributed by atoms with van der Waals surface area (Å²) in [7, 11) is 13.2. The number of unbranched alkanes of at least 4 members (excludes halogenated alkanes) is 2.